The molecular weight excluding hydrogens is 239 g/mol. The molecule has 0 saturated carbocycles. The van der Waals surface area contributed by atoms with Gasteiger partial charge in [-0.2, -0.15) is 13.2 Å². The highest BCUT2D eigenvalue weighted by Gasteiger charge is 2.32. The Morgan fingerprint density at radius 2 is 2.00 bits per heavy atom. The largest absolute Gasteiger partial charge is 0.469 e. The molecule has 0 bridgehead atoms. The van der Waals surface area contributed by atoms with Crippen LogP contribution in [0.1, 0.15) is 22.5 Å². The van der Waals surface area contributed by atoms with Crippen molar-refractivity contribution in [1.82, 2.24) is 4.98 Å². The molecule has 0 aliphatic rings. The predicted octanol–water partition coefficient (Wildman–Crippen LogP) is 1.85. The lowest BCUT2D eigenvalue weighted by atomic mass is 10.1. The number of carbonyl (C=O) groups excluding carboxylic acids is 2. The maximum atomic E-state index is 12.2. The van der Waals surface area contributed by atoms with Crippen LogP contribution in [-0.2, 0) is 15.7 Å². The van der Waals surface area contributed by atoms with Crippen LogP contribution in [0.25, 0.3) is 0 Å². The predicted molar refractivity (Wildman–Crippen MR) is 50.2 cm³/mol. The number of alkyl halides is 3. The maximum absolute atomic E-state index is 12.2. The Kier molecular flexibility index (Phi) is 3.82. The van der Waals surface area contributed by atoms with E-state index >= 15 is 0 Å². The van der Waals surface area contributed by atoms with Crippen LogP contribution < -0.4 is 0 Å². The SMILES string of the molecule is COC(=O)CC(=O)c1ccc(C(F)(F)F)nc1. The van der Waals surface area contributed by atoms with Gasteiger partial charge in [-0.05, 0) is 12.1 Å². The summed E-state index contributed by atoms with van der Waals surface area (Å²) >= 11 is 0. The fraction of sp³-hybridized carbons (Fsp3) is 0.300. The molecule has 17 heavy (non-hydrogen) atoms. The summed E-state index contributed by atoms with van der Waals surface area (Å²) in [6.07, 6.45) is -4.29. The maximum Gasteiger partial charge on any atom is 0.433 e. The summed E-state index contributed by atoms with van der Waals surface area (Å²) in [4.78, 5) is 25.2. The Hall–Kier alpha value is -1.92. The fourth-order valence-corrected chi connectivity index (χ4v) is 1.03. The number of halogens is 3. The van der Waals surface area contributed by atoms with Crippen LogP contribution in [0.4, 0.5) is 13.2 Å². The molecule has 0 N–H and O–H groups in total. The van der Waals surface area contributed by atoms with E-state index in [4.69, 9.17) is 0 Å². The average molecular weight is 247 g/mol. The van der Waals surface area contributed by atoms with Crippen molar-refractivity contribution in [3.8, 4) is 0 Å². The van der Waals surface area contributed by atoms with Crippen molar-refractivity contribution in [2.45, 2.75) is 12.6 Å². The zero-order valence-corrected chi connectivity index (χ0v) is 8.75. The van der Waals surface area contributed by atoms with Gasteiger partial charge in [0.2, 0.25) is 0 Å². The van der Waals surface area contributed by atoms with Crippen LogP contribution in [0.2, 0.25) is 0 Å². The number of ether oxygens (including phenoxy) is 1. The lowest BCUT2D eigenvalue weighted by Gasteiger charge is -2.05. The van der Waals surface area contributed by atoms with Crippen molar-refractivity contribution in [2.75, 3.05) is 7.11 Å². The third kappa shape index (κ3) is 3.54. The summed E-state index contributed by atoms with van der Waals surface area (Å²) < 4.78 is 40.8. The van der Waals surface area contributed by atoms with Gasteiger partial charge in [-0.25, -0.2) is 0 Å². The van der Waals surface area contributed by atoms with Gasteiger partial charge in [0.1, 0.15) is 12.1 Å². The first kappa shape index (κ1) is 13.1. The number of hydrogen-bond acceptors (Lipinski definition) is 4. The quantitative estimate of drug-likeness (QED) is 0.464. The van der Waals surface area contributed by atoms with E-state index in [1.807, 2.05) is 0 Å². The lowest BCUT2D eigenvalue weighted by molar-refractivity contribution is -0.141. The number of methoxy groups -OCH3 is 1. The van der Waals surface area contributed by atoms with E-state index in [-0.39, 0.29) is 5.56 Å². The Morgan fingerprint density at radius 1 is 1.35 bits per heavy atom. The van der Waals surface area contributed by atoms with Crippen molar-refractivity contribution in [1.29, 1.82) is 0 Å². The highest BCUT2D eigenvalue weighted by atomic mass is 19.4. The van der Waals surface area contributed by atoms with E-state index in [2.05, 4.69) is 9.72 Å². The Labute approximate surface area is 94.4 Å². The number of nitrogens with zero attached hydrogens (tertiary/aromatic N) is 1. The van der Waals surface area contributed by atoms with E-state index in [1.54, 1.807) is 0 Å². The van der Waals surface area contributed by atoms with Crippen molar-refractivity contribution >= 4 is 11.8 Å². The van der Waals surface area contributed by atoms with E-state index < -0.39 is 30.0 Å². The molecule has 0 radical (unpaired) electrons. The molecule has 7 heteroatoms. The van der Waals surface area contributed by atoms with Gasteiger partial charge in [-0.3, -0.25) is 14.6 Å². The molecule has 0 fully saturated rings. The standard InChI is InChI=1S/C10H8F3NO3/c1-17-9(16)4-7(15)6-2-3-8(14-5-6)10(11,12)13/h2-3,5H,4H2,1H3. The fourth-order valence-electron chi connectivity index (χ4n) is 1.03. The molecule has 0 spiro atoms. The summed E-state index contributed by atoms with van der Waals surface area (Å²) in [5.41, 5.74) is -1.16. The number of esters is 1. The number of Topliss-reactive ketones (excluding diaryl/α,β-unsaturated/α-hetero) is 1. The van der Waals surface area contributed by atoms with Crippen LogP contribution in [0.5, 0.6) is 0 Å². The van der Waals surface area contributed by atoms with Crippen molar-refractivity contribution in [3.05, 3.63) is 29.6 Å². The second-order valence-electron chi connectivity index (χ2n) is 3.11. The molecule has 0 aliphatic carbocycles. The lowest BCUT2D eigenvalue weighted by Crippen LogP contribution is -2.12. The Morgan fingerprint density at radius 3 is 2.41 bits per heavy atom. The normalized spacial score (nSPS) is 11.1. The van der Waals surface area contributed by atoms with E-state index in [1.165, 1.54) is 0 Å². The van der Waals surface area contributed by atoms with Crippen LogP contribution >= 0.6 is 0 Å². The number of carbonyl (C=O) groups is 2. The van der Waals surface area contributed by atoms with Crippen molar-refractivity contribution in [2.24, 2.45) is 0 Å². The Bertz CT molecular complexity index is 425. The van der Waals surface area contributed by atoms with Gasteiger partial charge in [0.05, 0.1) is 7.11 Å². The number of pyridine rings is 1. The van der Waals surface area contributed by atoms with Crippen LogP contribution in [0, 0.1) is 0 Å². The molecular formula is C10H8F3NO3. The van der Waals surface area contributed by atoms with Gasteiger partial charge in [-0.1, -0.05) is 0 Å². The van der Waals surface area contributed by atoms with Gasteiger partial charge >= 0.3 is 12.1 Å². The first-order valence-electron chi connectivity index (χ1n) is 4.48. The van der Waals surface area contributed by atoms with Gasteiger partial charge < -0.3 is 4.74 Å². The molecule has 0 amide bonds. The van der Waals surface area contributed by atoms with Crippen molar-refractivity contribution < 1.29 is 27.5 Å². The Balaban J connectivity index is 2.81. The smallest absolute Gasteiger partial charge is 0.433 e. The first-order valence-corrected chi connectivity index (χ1v) is 4.48. The summed E-state index contributed by atoms with van der Waals surface area (Å²) in [5.74, 6) is -1.40. The van der Waals surface area contributed by atoms with E-state index in [9.17, 15) is 22.8 Å². The molecule has 0 saturated heterocycles. The van der Waals surface area contributed by atoms with Crippen LogP contribution in [-0.4, -0.2) is 23.8 Å². The van der Waals surface area contributed by atoms with E-state index in [0.717, 1.165) is 19.4 Å². The van der Waals surface area contributed by atoms with Gasteiger partial charge in [-0.15, -0.1) is 0 Å². The molecule has 0 aromatic carbocycles. The summed E-state index contributed by atoms with van der Waals surface area (Å²) in [7, 11) is 1.11. The summed E-state index contributed by atoms with van der Waals surface area (Å²) in [6, 6.07) is 1.66. The number of rotatable bonds is 3. The van der Waals surface area contributed by atoms with Gasteiger partial charge in [0.25, 0.3) is 0 Å². The topological polar surface area (TPSA) is 56.3 Å². The highest BCUT2D eigenvalue weighted by molar-refractivity contribution is 6.05. The first-order chi connectivity index (χ1) is 7.84. The number of hydrogen-bond donors (Lipinski definition) is 0. The van der Waals surface area contributed by atoms with Crippen LogP contribution in [0.15, 0.2) is 18.3 Å². The zero-order valence-electron chi connectivity index (χ0n) is 8.75. The van der Waals surface area contributed by atoms with Crippen LogP contribution in [0.3, 0.4) is 0 Å². The number of ketones is 1. The second-order valence-corrected chi connectivity index (χ2v) is 3.11. The minimum atomic E-state index is -4.55. The minimum absolute atomic E-state index is 0.0663. The highest BCUT2D eigenvalue weighted by Crippen LogP contribution is 2.27. The zero-order chi connectivity index (χ0) is 13.1. The van der Waals surface area contributed by atoms with E-state index in [0.29, 0.717) is 6.07 Å². The summed E-state index contributed by atoms with van der Waals surface area (Å²) in [6.45, 7) is 0. The second kappa shape index (κ2) is 4.94. The molecule has 4 nitrogen and oxygen atoms in total. The molecule has 0 aliphatic heterocycles. The third-order valence-corrected chi connectivity index (χ3v) is 1.91. The monoisotopic (exact) mass is 247 g/mol. The third-order valence-electron chi connectivity index (χ3n) is 1.91. The molecule has 1 heterocycles. The molecule has 0 atom stereocenters. The van der Waals surface area contributed by atoms with Crippen molar-refractivity contribution in [3.63, 3.8) is 0 Å². The molecule has 1 aromatic rings. The average Bonchev–Trinajstić information content (AvgIpc) is 2.27. The van der Waals surface area contributed by atoms with Gasteiger partial charge in [0.15, 0.2) is 5.78 Å². The molecule has 1 rings (SSSR count). The summed E-state index contributed by atoms with van der Waals surface area (Å²) in [5, 5.41) is 0. The molecule has 0 unspecified atom stereocenters. The minimum Gasteiger partial charge on any atom is -0.469 e. The molecule has 1 aromatic heterocycles. The number of aromatic nitrogens is 1. The van der Waals surface area contributed by atoms with Gasteiger partial charge in [0, 0.05) is 11.8 Å². The molecule has 92 valence electrons.